The van der Waals surface area contributed by atoms with Gasteiger partial charge in [-0.25, -0.2) is 0 Å². The van der Waals surface area contributed by atoms with Crippen LogP contribution in [0, 0.1) is 11.8 Å². The molecule has 1 saturated heterocycles. The SMILES string of the molecule is O=Cc1ccc(CN2CCC3CCCCC3C2)o1. The number of likely N-dealkylation sites (tertiary alicyclic amines) is 1. The quantitative estimate of drug-likeness (QED) is 0.769. The molecule has 0 bridgehead atoms. The number of carbonyl (C=O) groups is 1. The first-order chi connectivity index (χ1) is 8.85. The van der Waals surface area contributed by atoms with Crippen LogP contribution in [0.5, 0.6) is 0 Å². The van der Waals surface area contributed by atoms with Gasteiger partial charge in [-0.05, 0) is 43.4 Å². The van der Waals surface area contributed by atoms with Gasteiger partial charge in [-0.15, -0.1) is 0 Å². The van der Waals surface area contributed by atoms with Crippen molar-refractivity contribution >= 4 is 6.29 Å². The number of furan rings is 1. The van der Waals surface area contributed by atoms with Crippen molar-refractivity contribution in [1.82, 2.24) is 4.90 Å². The van der Waals surface area contributed by atoms with Crippen molar-refractivity contribution in [3.05, 3.63) is 23.7 Å². The van der Waals surface area contributed by atoms with Crippen LogP contribution in [0.2, 0.25) is 0 Å². The molecular weight excluding hydrogens is 226 g/mol. The number of hydrogen-bond acceptors (Lipinski definition) is 3. The van der Waals surface area contributed by atoms with Crippen LogP contribution in [0.15, 0.2) is 16.5 Å². The smallest absolute Gasteiger partial charge is 0.185 e. The molecule has 0 spiro atoms. The first kappa shape index (κ1) is 12.0. The van der Waals surface area contributed by atoms with Crippen LogP contribution in [0.1, 0.15) is 48.4 Å². The van der Waals surface area contributed by atoms with E-state index in [9.17, 15) is 4.79 Å². The Morgan fingerprint density at radius 2 is 2.06 bits per heavy atom. The van der Waals surface area contributed by atoms with Crippen molar-refractivity contribution < 1.29 is 9.21 Å². The molecule has 0 radical (unpaired) electrons. The molecule has 2 unspecified atom stereocenters. The minimum atomic E-state index is 0.442. The summed E-state index contributed by atoms with van der Waals surface area (Å²) in [4.78, 5) is 13.1. The van der Waals surface area contributed by atoms with Crippen LogP contribution < -0.4 is 0 Å². The van der Waals surface area contributed by atoms with E-state index >= 15 is 0 Å². The zero-order valence-corrected chi connectivity index (χ0v) is 10.8. The molecule has 2 atom stereocenters. The summed E-state index contributed by atoms with van der Waals surface area (Å²) in [5.41, 5.74) is 0. The van der Waals surface area contributed by atoms with Gasteiger partial charge in [0.2, 0.25) is 0 Å². The Bertz CT molecular complexity index is 412. The molecular formula is C15H21NO2. The van der Waals surface area contributed by atoms with E-state index in [2.05, 4.69) is 4.90 Å². The maximum atomic E-state index is 10.6. The summed E-state index contributed by atoms with van der Waals surface area (Å²) in [6.07, 6.45) is 7.79. The zero-order valence-electron chi connectivity index (χ0n) is 10.8. The lowest BCUT2D eigenvalue weighted by atomic mass is 9.75. The molecule has 0 aromatic carbocycles. The van der Waals surface area contributed by atoms with E-state index in [1.165, 1.54) is 45.2 Å². The molecule has 0 amide bonds. The third-order valence-corrected chi connectivity index (χ3v) is 4.55. The molecule has 18 heavy (non-hydrogen) atoms. The van der Waals surface area contributed by atoms with Crippen LogP contribution in [0.25, 0.3) is 0 Å². The summed E-state index contributed by atoms with van der Waals surface area (Å²) in [7, 11) is 0. The molecule has 98 valence electrons. The monoisotopic (exact) mass is 247 g/mol. The number of rotatable bonds is 3. The molecule has 2 fully saturated rings. The Hall–Kier alpha value is -1.09. The number of carbonyl (C=O) groups excluding carboxylic acids is 1. The van der Waals surface area contributed by atoms with Gasteiger partial charge in [0.05, 0.1) is 6.54 Å². The van der Waals surface area contributed by atoms with Crippen LogP contribution in [0.4, 0.5) is 0 Å². The molecule has 1 aromatic rings. The molecule has 2 aliphatic rings. The lowest BCUT2D eigenvalue weighted by molar-refractivity contribution is 0.0770. The Morgan fingerprint density at radius 1 is 1.22 bits per heavy atom. The summed E-state index contributed by atoms with van der Waals surface area (Å²) in [6.45, 7) is 3.25. The Kier molecular flexibility index (Phi) is 3.50. The molecule has 2 heterocycles. The minimum Gasteiger partial charge on any atom is -0.457 e. The van der Waals surface area contributed by atoms with E-state index in [4.69, 9.17) is 4.42 Å². The summed E-state index contributed by atoms with van der Waals surface area (Å²) in [5, 5.41) is 0. The molecule has 0 N–H and O–H groups in total. The second-order valence-electron chi connectivity index (χ2n) is 5.75. The number of nitrogens with zero attached hydrogens (tertiary/aromatic N) is 1. The normalized spacial score (nSPS) is 28.9. The highest BCUT2D eigenvalue weighted by Gasteiger charge is 2.31. The lowest BCUT2D eigenvalue weighted by Crippen LogP contribution is -2.41. The van der Waals surface area contributed by atoms with Crippen LogP contribution in [0.3, 0.4) is 0 Å². The molecule has 1 saturated carbocycles. The van der Waals surface area contributed by atoms with Crippen molar-refractivity contribution in [2.45, 2.75) is 38.6 Å². The number of fused-ring (bicyclic) bond motifs is 1. The predicted molar refractivity (Wildman–Crippen MR) is 69.4 cm³/mol. The van der Waals surface area contributed by atoms with E-state index in [-0.39, 0.29) is 0 Å². The van der Waals surface area contributed by atoms with Crippen molar-refractivity contribution in [2.75, 3.05) is 13.1 Å². The van der Waals surface area contributed by atoms with E-state index in [0.29, 0.717) is 5.76 Å². The van der Waals surface area contributed by atoms with Gasteiger partial charge >= 0.3 is 0 Å². The van der Waals surface area contributed by atoms with Crippen molar-refractivity contribution in [3.8, 4) is 0 Å². The minimum absolute atomic E-state index is 0.442. The van der Waals surface area contributed by atoms with E-state index in [1.807, 2.05) is 6.07 Å². The van der Waals surface area contributed by atoms with Gasteiger partial charge in [0.15, 0.2) is 12.0 Å². The summed E-state index contributed by atoms with van der Waals surface area (Å²) in [6, 6.07) is 3.69. The van der Waals surface area contributed by atoms with E-state index < -0.39 is 0 Å². The second kappa shape index (κ2) is 5.27. The number of piperidine rings is 1. The van der Waals surface area contributed by atoms with Gasteiger partial charge < -0.3 is 4.42 Å². The highest BCUT2D eigenvalue weighted by Crippen LogP contribution is 2.36. The first-order valence-electron chi connectivity index (χ1n) is 7.11. The standard InChI is InChI=1S/C15H21NO2/c17-11-15-6-5-14(18-15)10-16-8-7-12-3-1-2-4-13(12)9-16/h5-6,11-13H,1-4,7-10H2. The summed E-state index contributed by atoms with van der Waals surface area (Å²) in [5.74, 6) is 3.23. The van der Waals surface area contributed by atoms with Crippen molar-refractivity contribution in [3.63, 3.8) is 0 Å². The predicted octanol–water partition coefficient (Wildman–Crippen LogP) is 3.10. The van der Waals surface area contributed by atoms with E-state index in [1.54, 1.807) is 6.07 Å². The van der Waals surface area contributed by atoms with Crippen molar-refractivity contribution in [1.29, 1.82) is 0 Å². The highest BCUT2D eigenvalue weighted by atomic mass is 16.3. The molecule has 1 aliphatic heterocycles. The maximum absolute atomic E-state index is 10.6. The maximum Gasteiger partial charge on any atom is 0.185 e. The van der Waals surface area contributed by atoms with Crippen LogP contribution >= 0.6 is 0 Å². The van der Waals surface area contributed by atoms with Gasteiger partial charge in [0, 0.05) is 6.54 Å². The Morgan fingerprint density at radius 3 is 2.83 bits per heavy atom. The highest BCUT2D eigenvalue weighted by molar-refractivity contribution is 5.70. The fraction of sp³-hybridized carbons (Fsp3) is 0.667. The first-order valence-corrected chi connectivity index (χ1v) is 7.11. The van der Waals surface area contributed by atoms with Crippen LogP contribution in [-0.4, -0.2) is 24.3 Å². The Labute approximate surface area is 108 Å². The third kappa shape index (κ3) is 2.51. The summed E-state index contributed by atoms with van der Waals surface area (Å²) >= 11 is 0. The average molecular weight is 247 g/mol. The second-order valence-corrected chi connectivity index (χ2v) is 5.75. The van der Waals surface area contributed by atoms with Gasteiger partial charge in [0.1, 0.15) is 5.76 Å². The van der Waals surface area contributed by atoms with Gasteiger partial charge in [-0.3, -0.25) is 9.69 Å². The summed E-state index contributed by atoms with van der Waals surface area (Å²) < 4.78 is 5.46. The number of hydrogen-bond donors (Lipinski definition) is 0. The lowest BCUT2D eigenvalue weighted by Gasteiger charge is -2.41. The fourth-order valence-corrected chi connectivity index (χ4v) is 3.58. The number of aldehydes is 1. The van der Waals surface area contributed by atoms with Crippen LogP contribution in [-0.2, 0) is 6.54 Å². The Balaban J connectivity index is 1.58. The average Bonchev–Trinajstić information content (AvgIpc) is 2.86. The molecule has 3 rings (SSSR count). The topological polar surface area (TPSA) is 33.5 Å². The van der Waals surface area contributed by atoms with Crippen molar-refractivity contribution in [2.24, 2.45) is 11.8 Å². The molecule has 3 nitrogen and oxygen atoms in total. The molecule has 1 aliphatic carbocycles. The van der Waals surface area contributed by atoms with Gasteiger partial charge in [-0.2, -0.15) is 0 Å². The van der Waals surface area contributed by atoms with Gasteiger partial charge in [0.25, 0.3) is 0 Å². The fourth-order valence-electron chi connectivity index (χ4n) is 3.58. The zero-order chi connectivity index (χ0) is 12.4. The molecule has 3 heteroatoms. The van der Waals surface area contributed by atoms with E-state index in [0.717, 1.165) is 30.4 Å². The molecule has 1 aromatic heterocycles. The largest absolute Gasteiger partial charge is 0.457 e. The van der Waals surface area contributed by atoms with Gasteiger partial charge in [-0.1, -0.05) is 19.3 Å². The third-order valence-electron chi connectivity index (χ3n) is 4.55.